The summed E-state index contributed by atoms with van der Waals surface area (Å²) in [6.45, 7) is 6.29. The summed E-state index contributed by atoms with van der Waals surface area (Å²) in [7, 11) is 0. The molecule has 0 aliphatic rings. The van der Waals surface area contributed by atoms with E-state index in [-0.39, 0.29) is 24.9 Å². The van der Waals surface area contributed by atoms with Gasteiger partial charge in [0.1, 0.15) is 6.10 Å². The Morgan fingerprint density at radius 3 is 1.41 bits per heavy atom. The number of hydrogen-bond donors (Lipinski definition) is 3. The monoisotopic (exact) mass is 756 g/mol. The van der Waals surface area contributed by atoms with E-state index >= 15 is 0 Å². The van der Waals surface area contributed by atoms with Gasteiger partial charge in [-0.25, -0.2) is 0 Å². The number of aliphatic hydroxyl groups is 2. The molecule has 6 heteroatoms. The summed E-state index contributed by atoms with van der Waals surface area (Å²) < 4.78 is 5.78. The number of allylic oxidation sites excluding steroid dienone is 9. The third-order valence-corrected chi connectivity index (χ3v) is 9.86. The molecule has 0 radical (unpaired) electrons. The predicted octanol–water partition coefficient (Wildman–Crippen LogP) is 12.9. The lowest BCUT2D eigenvalue weighted by atomic mass is 10.0. The average Bonchev–Trinajstić information content (AvgIpc) is 3.16. The summed E-state index contributed by atoms with van der Waals surface area (Å²) in [5, 5.41) is 23.5. The van der Waals surface area contributed by atoms with Gasteiger partial charge in [-0.1, -0.05) is 204 Å². The summed E-state index contributed by atoms with van der Waals surface area (Å²) in [6.07, 6.45) is 50.2. The minimum absolute atomic E-state index is 0.0455. The van der Waals surface area contributed by atoms with Crippen LogP contribution in [-0.4, -0.2) is 46.9 Å². The molecule has 0 fully saturated rings. The Bertz CT molecular complexity index is 984. The molecule has 0 bridgehead atoms. The lowest BCUT2D eigenvalue weighted by Gasteiger charge is -2.23. The van der Waals surface area contributed by atoms with Crippen LogP contribution in [0.5, 0.6) is 0 Å². The van der Waals surface area contributed by atoms with Crippen molar-refractivity contribution >= 4 is 11.9 Å². The fourth-order valence-corrected chi connectivity index (χ4v) is 6.45. The maximum atomic E-state index is 13.1. The number of carbonyl (C=O) groups excluding carboxylic acids is 2. The molecule has 3 unspecified atom stereocenters. The first-order chi connectivity index (χ1) is 26.5. The van der Waals surface area contributed by atoms with Crippen LogP contribution in [0.3, 0.4) is 0 Å². The molecule has 1 amide bonds. The molecule has 312 valence electrons. The number of unbranched alkanes of at least 4 members (excludes halogenated alkanes) is 19. The third-order valence-electron chi connectivity index (χ3n) is 9.86. The fraction of sp³-hybridized carbons (Fsp3) is 0.750. The molecule has 0 saturated carbocycles. The molecule has 0 rings (SSSR count). The van der Waals surface area contributed by atoms with Crippen LogP contribution in [0.1, 0.15) is 207 Å². The minimum atomic E-state index is -0.816. The Morgan fingerprint density at radius 1 is 0.556 bits per heavy atom. The normalized spacial score (nSPS) is 13.9. The molecule has 0 aromatic heterocycles. The zero-order chi connectivity index (χ0) is 39.6. The summed E-state index contributed by atoms with van der Waals surface area (Å²) in [4.78, 5) is 25.9. The SMILES string of the molecule is CC/C=C/C/C=C/C/C=C/C/C=C/C/C=C/C(CC(=O)NC(CO)C(O)CCCCCCCCCCCCC)OC(=O)CCCCCCCCCCCC. The Labute approximate surface area is 333 Å². The van der Waals surface area contributed by atoms with Crippen molar-refractivity contribution in [2.75, 3.05) is 6.61 Å². The van der Waals surface area contributed by atoms with Gasteiger partial charge in [-0.2, -0.15) is 0 Å². The van der Waals surface area contributed by atoms with E-state index < -0.39 is 18.2 Å². The second kappa shape index (κ2) is 41.7. The van der Waals surface area contributed by atoms with Crippen molar-refractivity contribution in [3.05, 3.63) is 60.8 Å². The lowest BCUT2D eigenvalue weighted by molar-refractivity contribution is -0.148. The molecule has 6 nitrogen and oxygen atoms in total. The first kappa shape index (κ1) is 51.6. The first-order valence-electron chi connectivity index (χ1n) is 22.5. The predicted molar refractivity (Wildman–Crippen MR) is 232 cm³/mol. The van der Waals surface area contributed by atoms with E-state index in [0.717, 1.165) is 64.2 Å². The average molecular weight is 756 g/mol. The number of aliphatic hydroxyl groups excluding tert-OH is 2. The number of ether oxygens (including phenoxy) is 1. The van der Waals surface area contributed by atoms with Crippen molar-refractivity contribution in [2.45, 2.75) is 225 Å². The zero-order valence-electron chi connectivity index (χ0n) is 35.3. The van der Waals surface area contributed by atoms with Gasteiger partial charge in [-0.05, 0) is 51.0 Å². The molecule has 3 atom stereocenters. The second-order valence-corrected chi connectivity index (χ2v) is 15.1. The second-order valence-electron chi connectivity index (χ2n) is 15.1. The van der Waals surface area contributed by atoms with Crippen molar-refractivity contribution in [1.82, 2.24) is 5.32 Å². The van der Waals surface area contributed by atoms with E-state index in [2.05, 4.69) is 74.7 Å². The van der Waals surface area contributed by atoms with Gasteiger partial charge < -0.3 is 20.3 Å². The molecule has 3 N–H and O–H groups in total. The summed E-state index contributed by atoms with van der Waals surface area (Å²) >= 11 is 0. The van der Waals surface area contributed by atoms with Crippen LogP contribution in [0.2, 0.25) is 0 Å². The quantitative estimate of drug-likeness (QED) is 0.0330. The van der Waals surface area contributed by atoms with Crippen molar-refractivity contribution in [3.63, 3.8) is 0 Å². The van der Waals surface area contributed by atoms with Gasteiger partial charge in [-0.3, -0.25) is 9.59 Å². The van der Waals surface area contributed by atoms with E-state index in [1.54, 1.807) is 6.08 Å². The molecule has 0 spiro atoms. The Balaban J connectivity index is 4.78. The van der Waals surface area contributed by atoms with Gasteiger partial charge in [0.25, 0.3) is 0 Å². The van der Waals surface area contributed by atoms with E-state index in [1.165, 1.54) is 96.3 Å². The number of nitrogens with one attached hydrogen (secondary N) is 1. The molecule has 0 aromatic carbocycles. The van der Waals surface area contributed by atoms with Gasteiger partial charge >= 0.3 is 5.97 Å². The molecular formula is C48H85NO5. The molecule has 0 saturated heterocycles. The summed E-state index contributed by atoms with van der Waals surface area (Å²) in [6, 6.07) is -0.739. The largest absolute Gasteiger partial charge is 0.458 e. The number of hydrogen-bond acceptors (Lipinski definition) is 5. The van der Waals surface area contributed by atoms with E-state index in [1.807, 2.05) is 6.08 Å². The topological polar surface area (TPSA) is 95.9 Å². The molecular weight excluding hydrogens is 671 g/mol. The fourth-order valence-electron chi connectivity index (χ4n) is 6.45. The Kier molecular flexibility index (Phi) is 39.8. The molecule has 54 heavy (non-hydrogen) atoms. The van der Waals surface area contributed by atoms with Crippen LogP contribution in [0, 0.1) is 0 Å². The highest BCUT2D eigenvalue weighted by atomic mass is 16.5. The highest BCUT2D eigenvalue weighted by molar-refractivity contribution is 5.78. The molecule has 0 aromatic rings. The number of amides is 1. The first-order valence-corrected chi connectivity index (χ1v) is 22.5. The van der Waals surface area contributed by atoms with E-state index in [9.17, 15) is 19.8 Å². The Morgan fingerprint density at radius 2 is 0.963 bits per heavy atom. The van der Waals surface area contributed by atoms with Crippen LogP contribution >= 0.6 is 0 Å². The Hall–Kier alpha value is -2.44. The van der Waals surface area contributed by atoms with Crippen LogP contribution in [-0.2, 0) is 14.3 Å². The van der Waals surface area contributed by atoms with Crippen LogP contribution in [0.4, 0.5) is 0 Å². The molecule has 0 aliphatic carbocycles. The van der Waals surface area contributed by atoms with Gasteiger partial charge in [0, 0.05) is 6.42 Å². The van der Waals surface area contributed by atoms with Gasteiger partial charge in [-0.15, -0.1) is 0 Å². The van der Waals surface area contributed by atoms with Crippen molar-refractivity contribution in [3.8, 4) is 0 Å². The third kappa shape index (κ3) is 36.5. The number of rotatable bonds is 39. The van der Waals surface area contributed by atoms with Gasteiger partial charge in [0.2, 0.25) is 5.91 Å². The van der Waals surface area contributed by atoms with Crippen molar-refractivity contribution in [2.24, 2.45) is 0 Å². The van der Waals surface area contributed by atoms with Crippen molar-refractivity contribution < 1.29 is 24.5 Å². The van der Waals surface area contributed by atoms with Gasteiger partial charge in [0.05, 0.1) is 25.2 Å². The zero-order valence-corrected chi connectivity index (χ0v) is 35.3. The standard InChI is InChI=1S/C48H85NO5/c1-4-7-10-13-16-19-22-23-24-26-27-30-33-36-39-44(54-48(53)41-38-35-32-29-21-18-15-12-9-6-3)42-47(52)49-45(43-50)46(51)40-37-34-31-28-25-20-17-14-11-8-5-2/h7,10,16,19,23-24,27,30,36,39,44-46,50-51H,4-6,8-9,11-15,17-18,20-22,25-26,28-29,31-35,37-38,40-43H2,1-3H3,(H,49,52)/b10-7+,19-16+,24-23+,30-27+,39-36+. The summed E-state index contributed by atoms with van der Waals surface area (Å²) in [5.74, 6) is -0.632. The highest BCUT2D eigenvalue weighted by Crippen LogP contribution is 2.15. The van der Waals surface area contributed by atoms with Crippen LogP contribution in [0.25, 0.3) is 0 Å². The van der Waals surface area contributed by atoms with Gasteiger partial charge in [0.15, 0.2) is 0 Å². The van der Waals surface area contributed by atoms with E-state index in [4.69, 9.17) is 4.74 Å². The smallest absolute Gasteiger partial charge is 0.306 e. The molecule has 0 heterocycles. The molecule has 0 aliphatic heterocycles. The minimum Gasteiger partial charge on any atom is -0.458 e. The van der Waals surface area contributed by atoms with E-state index in [0.29, 0.717) is 19.3 Å². The number of carbonyl (C=O) groups is 2. The number of esters is 1. The maximum Gasteiger partial charge on any atom is 0.306 e. The van der Waals surface area contributed by atoms with Crippen molar-refractivity contribution in [1.29, 1.82) is 0 Å². The highest BCUT2D eigenvalue weighted by Gasteiger charge is 2.23. The maximum absolute atomic E-state index is 13.1. The van der Waals surface area contributed by atoms with Crippen LogP contribution in [0.15, 0.2) is 60.8 Å². The lowest BCUT2D eigenvalue weighted by Crippen LogP contribution is -2.46. The van der Waals surface area contributed by atoms with Crippen LogP contribution < -0.4 is 5.32 Å². The summed E-state index contributed by atoms with van der Waals surface area (Å²) in [5.41, 5.74) is 0.